The quantitative estimate of drug-likeness (QED) is 0.773. The minimum Gasteiger partial charge on any atom is -0.378 e. The average Bonchev–Trinajstić information content (AvgIpc) is 2.76. The highest BCUT2D eigenvalue weighted by Gasteiger charge is 2.41. The van der Waals surface area contributed by atoms with Crippen molar-refractivity contribution in [2.45, 2.75) is 52.5 Å². The van der Waals surface area contributed by atoms with Crippen molar-refractivity contribution in [3.8, 4) is 11.3 Å². The van der Waals surface area contributed by atoms with Gasteiger partial charge in [0.2, 0.25) is 5.91 Å². The zero-order chi connectivity index (χ0) is 23.0. The zero-order valence-corrected chi connectivity index (χ0v) is 20.4. The molecule has 172 valence electrons. The molecule has 4 heterocycles. The van der Waals surface area contributed by atoms with Crippen LogP contribution in [0.1, 0.15) is 51.0 Å². The molecule has 6 nitrogen and oxygen atoms in total. The highest BCUT2D eigenvalue weighted by molar-refractivity contribution is 5.81. The number of hydrogen-bond donors (Lipinski definition) is 1. The SMILES string of the molecule is Cc1nc(-c2ccc(N(C)C)cc2)cc(C2CN3CCC2CC3CNC(=O)C(C)(C)C)n1. The highest BCUT2D eigenvalue weighted by Crippen LogP contribution is 2.41. The van der Waals surface area contributed by atoms with Crippen molar-refractivity contribution < 1.29 is 4.79 Å². The van der Waals surface area contributed by atoms with Gasteiger partial charge >= 0.3 is 0 Å². The highest BCUT2D eigenvalue weighted by atomic mass is 16.2. The Morgan fingerprint density at radius 3 is 2.50 bits per heavy atom. The fourth-order valence-electron chi connectivity index (χ4n) is 5.02. The summed E-state index contributed by atoms with van der Waals surface area (Å²) in [4.78, 5) is 26.6. The van der Waals surface area contributed by atoms with E-state index < -0.39 is 0 Å². The van der Waals surface area contributed by atoms with Crippen molar-refractivity contribution in [2.75, 3.05) is 38.6 Å². The Morgan fingerprint density at radius 2 is 1.91 bits per heavy atom. The molecule has 3 saturated heterocycles. The zero-order valence-electron chi connectivity index (χ0n) is 20.4. The third-order valence-electron chi connectivity index (χ3n) is 6.98. The van der Waals surface area contributed by atoms with Gasteiger partial charge < -0.3 is 10.2 Å². The standard InChI is InChI=1S/C26H37N5O/c1-17-28-23(18-7-9-20(10-8-18)30(5)6)14-24(29-17)22-16-31-12-11-19(22)13-21(31)15-27-25(32)26(2,3)4/h7-10,14,19,21-22H,11-13,15-16H2,1-6H3,(H,27,32). The van der Waals surface area contributed by atoms with Crippen molar-refractivity contribution in [2.24, 2.45) is 11.3 Å². The number of carbonyl (C=O) groups excluding carboxylic acids is 1. The molecule has 1 N–H and O–H groups in total. The van der Waals surface area contributed by atoms with Crippen LogP contribution in [0.2, 0.25) is 0 Å². The Balaban J connectivity index is 1.49. The fourth-order valence-corrected chi connectivity index (χ4v) is 5.02. The molecule has 4 atom stereocenters. The van der Waals surface area contributed by atoms with E-state index in [1.165, 1.54) is 12.1 Å². The number of carbonyl (C=O) groups is 1. The number of aryl methyl sites for hydroxylation is 1. The topological polar surface area (TPSA) is 61.4 Å². The molecule has 0 saturated carbocycles. The molecule has 5 rings (SSSR count). The molecule has 3 aliphatic rings. The molecule has 4 unspecified atom stereocenters. The molecule has 3 fully saturated rings. The summed E-state index contributed by atoms with van der Waals surface area (Å²) in [6.45, 7) is 10.8. The van der Waals surface area contributed by atoms with Gasteiger partial charge in [0, 0.05) is 61.5 Å². The van der Waals surface area contributed by atoms with Gasteiger partial charge in [-0.2, -0.15) is 0 Å². The van der Waals surface area contributed by atoms with Gasteiger partial charge in [-0.15, -0.1) is 0 Å². The molecule has 0 spiro atoms. The summed E-state index contributed by atoms with van der Waals surface area (Å²) in [6.07, 6.45) is 2.31. The van der Waals surface area contributed by atoms with Crippen LogP contribution in [0, 0.1) is 18.3 Å². The summed E-state index contributed by atoms with van der Waals surface area (Å²) in [5, 5.41) is 3.17. The first-order valence-corrected chi connectivity index (χ1v) is 11.8. The second kappa shape index (κ2) is 8.81. The molecule has 2 bridgehead atoms. The smallest absolute Gasteiger partial charge is 0.225 e. The van der Waals surface area contributed by atoms with Gasteiger partial charge in [0.15, 0.2) is 0 Å². The van der Waals surface area contributed by atoms with E-state index in [-0.39, 0.29) is 11.3 Å². The monoisotopic (exact) mass is 435 g/mol. The van der Waals surface area contributed by atoms with Crippen LogP contribution in [0.4, 0.5) is 5.69 Å². The van der Waals surface area contributed by atoms with Gasteiger partial charge in [0.25, 0.3) is 0 Å². The Labute approximate surface area is 192 Å². The van der Waals surface area contributed by atoms with Crippen LogP contribution in [0.15, 0.2) is 30.3 Å². The van der Waals surface area contributed by atoms with Crippen LogP contribution in [0.25, 0.3) is 11.3 Å². The predicted molar refractivity (Wildman–Crippen MR) is 130 cm³/mol. The maximum absolute atomic E-state index is 12.3. The number of anilines is 1. The molecule has 2 aromatic rings. The molecular weight excluding hydrogens is 398 g/mol. The van der Waals surface area contributed by atoms with Crippen LogP contribution >= 0.6 is 0 Å². The average molecular weight is 436 g/mol. The number of piperidine rings is 3. The van der Waals surface area contributed by atoms with E-state index >= 15 is 0 Å². The van der Waals surface area contributed by atoms with E-state index in [1.54, 1.807) is 0 Å². The molecule has 1 amide bonds. The number of rotatable bonds is 5. The maximum Gasteiger partial charge on any atom is 0.225 e. The van der Waals surface area contributed by atoms with Crippen LogP contribution in [-0.4, -0.2) is 60.5 Å². The second-order valence-electron chi connectivity index (χ2n) is 10.7. The van der Waals surface area contributed by atoms with Crippen molar-refractivity contribution >= 4 is 11.6 Å². The first-order valence-electron chi connectivity index (χ1n) is 11.8. The molecule has 0 aliphatic carbocycles. The maximum atomic E-state index is 12.3. The lowest BCUT2D eigenvalue weighted by molar-refractivity contribution is -0.129. The van der Waals surface area contributed by atoms with Crippen molar-refractivity contribution in [3.63, 3.8) is 0 Å². The summed E-state index contributed by atoms with van der Waals surface area (Å²) in [7, 11) is 4.11. The molecular formula is C26H37N5O. The summed E-state index contributed by atoms with van der Waals surface area (Å²) < 4.78 is 0. The van der Waals surface area contributed by atoms with E-state index in [0.29, 0.717) is 17.9 Å². The van der Waals surface area contributed by atoms with Gasteiger partial charge in [0.1, 0.15) is 5.82 Å². The van der Waals surface area contributed by atoms with Crippen molar-refractivity contribution in [3.05, 3.63) is 41.9 Å². The largest absolute Gasteiger partial charge is 0.378 e. The van der Waals surface area contributed by atoms with Gasteiger partial charge in [-0.05, 0) is 50.4 Å². The summed E-state index contributed by atoms with van der Waals surface area (Å²) in [5.41, 5.74) is 4.14. The fraction of sp³-hybridized carbons (Fsp3) is 0.577. The van der Waals surface area contributed by atoms with E-state index in [4.69, 9.17) is 9.97 Å². The third-order valence-corrected chi connectivity index (χ3v) is 6.98. The van der Waals surface area contributed by atoms with E-state index in [1.807, 2.05) is 27.7 Å². The number of nitrogens with zero attached hydrogens (tertiary/aromatic N) is 4. The number of nitrogens with one attached hydrogen (secondary N) is 1. The van der Waals surface area contributed by atoms with Gasteiger partial charge in [0.05, 0.1) is 5.69 Å². The number of benzene rings is 1. The normalized spacial score (nSPS) is 24.9. The van der Waals surface area contributed by atoms with Crippen LogP contribution < -0.4 is 10.2 Å². The first kappa shape index (κ1) is 22.7. The summed E-state index contributed by atoms with van der Waals surface area (Å²) >= 11 is 0. The molecule has 1 aromatic heterocycles. The van der Waals surface area contributed by atoms with Gasteiger partial charge in [-0.25, -0.2) is 9.97 Å². The Morgan fingerprint density at radius 1 is 1.19 bits per heavy atom. The Hall–Kier alpha value is -2.47. The van der Waals surface area contributed by atoms with E-state index in [0.717, 1.165) is 48.8 Å². The van der Waals surface area contributed by atoms with Crippen molar-refractivity contribution in [1.29, 1.82) is 0 Å². The molecule has 0 radical (unpaired) electrons. The van der Waals surface area contributed by atoms with Crippen LogP contribution in [-0.2, 0) is 4.79 Å². The number of fused-ring (bicyclic) bond motifs is 3. The molecule has 1 aromatic carbocycles. The Kier molecular flexibility index (Phi) is 6.26. The summed E-state index contributed by atoms with van der Waals surface area (Å²) in [6, 6.07) is 11.2. The van der Waals surface area contributed by atoms with Gasteiger partial charge in [-0.1, -0.05) is 32.9 Å². The lowest BCUT2D eigenvalue weighted by Crippen LogP contribution is -2.56. The molecule has 3 aliphatic heterocycles. The summed E-state index contributed by atoms with van der Waals surface area (Å²) in [5.74, 6) is 2.00. The van der Waals surface area contributed by atoms with Gasteiger partial charge in [-0.3, -0.25) is 9.69 Å². The minimum absolute atomic E-state index is 0.132. The second-order valence-corrected chi connectivity index (χ2v) is 10.7. The number of hydrogen-bond acceptors (Lipinski definition) is 5. The molecule has 6 heteroatoms. The number of amides is 1. The van der Waals surface area contributed by atoms with Crippen LogP contribution in [0.5, 0.6) is 0 Å². The lowest BCUT2D eigenvalue weighted by Gasteiger charge is -2.50. The van der Waals surface area contributed by atoms with E-state index in [2.05, 4.69) is 59.5 Å². The third kappa shape index (κ3) is 4.80. The first-order chi connectivity index (χ1) is 15.1. The Bertz CT molecular complexity index is 963. The minimum atomic E-state index is -0.342. The van der Waals surface area contributed by atoms with Crippen LogP contribution in [0.3, 0.4) is 0 Å². The molecule has 32 heavy (non-hydrogen) atoms. The predicted octanol–water partition coefficient (Wildman–Crippen LogP) is 3.86. The lowest BCUT2D eigenvalue weighted by atomic mass is 9.74. The van der Waals surface area contributed by atoms with Crippen molar-refractivity contribution in [1.82, 2.24) is 20.2 Å². The van der Waals surface area contributed by atoms with E-state index in [9.17, 15) is 4.79 Å². The number of aromatic nitrogens is 2.